The second kappa shape index (κ2) is 14.4. The molecule has 0 spiro atoms. The molecule has 224 valence electrons. The average Bonchev–Trinajstić information content (AvgIpc) is 3.00. The summed E-state index contributed by atoms with van der Waals surface area (Å²) in [4.78, 5) is 30.3. The fourth-order valence-corrected chi connectivity index (χ4v) is 6.80. The van der Waals surface area contributed by atoms with Gasteiger partial charge in [0.15, 0.2) is 0 Å². The Bertz CT molecular complexity index is 1410. The largest absolute Gasteiger partial charge is 0.497 e. The molecule has 0 bridgehead atoms. The fraction of sp³-hybridized carbons (Fsp3) is 0.375. The van der Waals surface area contributed by atoms with E-state index in [4.69, 9.17) is 9.47 Å². The van der Waals surface area contributed by atoms with Crippen LogP contribution in [0.4, 0.5) is 0 Å². The van der Waals surface area contributed by atoms with Crippen LogP contribution in [0.15, 0.2) is 89.8 Å². The van der Waals surface area contributed by atoms with Crippen molar-refractivity contribution in [2.24, 2.45) is 5.92 Å². The maximum atomic E-state index is 14.3. The van der Waals surface area contributed by atoms with Gasteiger partial charge in [-0.2, -0.15) is 4.31 Å². The van der Waals surface area contributed by atoms with Gasteiger partial charge in [0.25, 0.3) is 0 Å². The first-order valence-corrected chi connectivity index (χ1v) is 15.5. The zero-order chi connectivity index (χ0) is 30.1. The van der Waals surface area contributed by atoms with Crippen molar-refractivity contribution in [1.29, 1.82) is 0 Å². The van der Waals surface area contributed by atoms with Gasteiger partial charge >= 0.3 is 5.97 Å². The number of sulfonamides is 1. The summed E-state index contributed by atoms with van der Waals surface area (Å²) >= 11 is 0. The highest BCUT2D eigenvalue weighted by Crippen LogP contribution is 2.32. The van der Waals surface area contributed by atoms with E-state index < -0.39 is 22.0 Å². The Morgan fingerprint density at radius 1 is 0.881 bits per heavy atom. The van der Waals surface area contributed by atoms with Crippen molar-refractivity contribution in [3.63, 3.8) is 0 Å². The number of ether oxygens (including phenoxy) is 2. The lowest BCUT2D eigenvalue weighted by Crippen LogP contribution is -2.53. The molecular weight excluding hydrogens is 554 g/mol. The normalized spacial score (nSPS) is 15.0. The van der Waals surface area contributed by atoms with Crippen LogP contribution in [0.25, 0.3) is 0 Å². The maximum Gasteiger partial charge on any atom is 0.325 e. The van der Waals surface area contributed by atoms with E-state index in [0.717, 1.165) is 11.1 Å². The van der Waals surface area contributed by atoms with E-state index in [1.54, 1.807) is 17.0 Å². The van der Waals surface area contributed by atoms with Crippen molar-refractivity contribution < 1.29 is 27.5 Å². The number of carbonyl (C=O) groups excluding carboxylic acids is 2. The van der Waals surface area contributed by atoms with Crippen LogP contribution in [-0.2, 0) is 37.5 Å². The Hall–Kier alpha value is -3.73. The maximum absolute atomic E-state index is 14.3. The molecule has 0 aromatic heterocycles. The average molecular weight is 594 g/mol. The van der Waals surface area contributed by atoms with Crippen LogP contribution in [0, 0.1) is 5.92 Å². The minimum Gasteiger partial charge on any atom is -0.497 e. The number of hydrogen-bond acceptors (Lipinski definition) is 7. The number of benzene rings is 3. The molecule has 0 radical (unpaired) electrons. The van der Waals surface area contributed by atoms with Crippen LogP contribution in [0.3, 0.4) is 0 Å². The summed E-state index contributed by atoms with van der Waals surface area (Å²) in [6, 6.07) is 23.6. The SMILES string of the molecule is COc1ccc(S(=O)(=O)N(Cc2ccccc2)[C@@H](C(=O)OCc2ccccc2)C2CCN(C(=O)CN(C)C)CC2)cc1. The number of esters is 1. The van der Waals surface area contributed by atoms with Gasteiger partial charge in [-0.15, -0.1) is 0 Å². The zero-order valence-electron chi connectivity index (χ0n) is 24.4. The molecule has 1 heterocycles. The monoisotopic (exact) mass is 593 g/mol. The first-order valence-electron chi connectivity index (χ1n) is 14.0. The van der Waals surface area contributed by atoms with E-state index in [1.807, 2.05) is 79.7 Å². The van der Waals surface area contributed by atoms with Gasteiger partial charge in [-0.3, -0.25) is 9.59 Å². The Morgan fingerprint density at radius 2 is 1.45 bits per heavy atom. The van der Waals surface area contributed by atoms with Crippen LogP contribution >= 0.6 is 0 Å². The number of rotatable bonds is 12. The number of amides is 1. The molecule has 1 fully saturated rings. The second-order valence-electron chi connectivity index (χ2n) is 10.7. The summed E-state index contributed by atoms with van der Waals surface area (Å²) in [7, 11) is 1.04. The van der Waals surface area contributed by atoms with E-state index >= 15 is 0 Å². The molecular formula is C32H39N3O6S. The van der Waals surface area contributed by atoms with Crippen LogP contribution in [0.2, 0.25) is 0 Å². The van der Waals surface area contributed by atoms with Gasteiger partial charge < -0.3 is 19.3 Å². The van der Waals surface area contributed by atoms with Crippen molar-refractivity contribution >= 4 is 21.9 Å². The highest BCUT2D eigenvalue weighted by molar-refractivity contribution is 7.89. The Labute approximate surface area is 248 Å². The van der Waals surface area contributed by atoms with E-state index in [0.29, 0.717) is 38.2 Å². The second-order valence-corrected chi connectivity index (χ2v) is 12.6. The van der Waals surface area contributed by atoms with Crippen molar-refractivity contribution in [1.82, 2.24) is 14.1 Å². The topological polar surface area (TPSA) is 96.5 Å². The van der Waals surface area contributed by atoms with E-state index in [2.05, 4.69) is 0 Å². The van der Waals surface area contributed by atoms with Crippen molar-refractivity contribution in [2.75, 3.05) is 40.8 Å². The molecule has 3 aromatic rings. The lowest BCUT2D eigenvalue weighted by atomic mass is 9.89. The van der Waals surface area contributed by atoms with Gasteiger partial charge in [-0.05, 0) is 68.2 Å². The Morgan fingerprint density at radius 3 is 2.00 bits per heavy atom. The van der Waals surface area contributed by atoms with E-state index in [1.165, 1.54) is 23.5 Å². The molecule has 1 saturated heterocycles. The number of piperidine rings is 1. The third-order valence-corrected chi connectivity index (χ3v) is 9.25. The summed E-state index contributed by atoms with van der Waals surface area (Å²) in [5.41, 5.74) is 1.55. The lowest BCUT2D eigenvalue weighted by molar-refractivity contribution is -0.152. The van der Waals surface area contributed by atoms with Crippen LogP contribution in [0.5, 0.6) is 5.75 Å². The third-order valence-electron chi connectivity index (χ3n) is 7.41. The minimum atomic E-state index is -4.16. The molecule has 1 aliphatic heterocycles. The van der Waals surface area contributed by atoms with Gasteiger partial charge in [0.2, 0.25) is 15.9 Å². The standard InChI is InChI=1S/C32H39N3O6S/c1-33(2)23-30(36)34-20-18-27(19-21-34)31(32(37)41-24-26-12-8-5-9-13-26)35(22-25-10-6-4-7-11-25)42(38,39)29-16-14-28(40-3)15-17-29/h4-17,27,31H,18-24H2,1-3H3/t31-/m1/s1. The summed E-state index contributed by atoms with van der Waals surface area (Å²) in [6.07, 6.45) is 0.932. The molecule has 0 aliphatic carbocycles. The minimum absolute atomic E-state index is 0.00801. The fourth-order valence-electron chi connectivity index (χ4n) is 5.17. The smallest absolute Gasteiger partial charge is 0.325 e. The first kappa shape index (κ1) is 31.2. The first-order chi connectivity index (χ1) is 20.2. The molecule has 4 rings (SSSR count). The van der Waals surface area contributed by atoms with Crippen LogP contribution < -0.4 is 4.74 Å². The Kier molecular flexibility index (Phi) is 10.7. The van der Waals surface area contributed by atoms with Gasteiger partial charge in [0.05, 0.1) is 18.6 Å². The van der Waals surface area contributed by atoms with Gasteiger partial charge in [-0.1, -0.05) is 60.7 Å². The zero-order valence-corrected chi connectivity index (χ0v) is 25.2. The predicted octanol–water partition coefficient (Wildman–Crippen LogP) is 3.80. The van der Waals surface area contributed by atoms with Crippen LogP contribution in [0.1, 0.15) is 24.0 Å². The highest BCUT2D eigenvalue weighted by atomic mass is 32.2. The number of likely N-dealkylation sites (tertiary alicyclic amines) is 1. The summed E-state index contributed by atoms with van der Waals surface area (Å²) in [5.74, 6) is -0.427. The molecule has 1 amide bonds. The quantitative estimate of drug-likeness (QED) is 0.295. The molecule has 1 atom stereocenters. The summed E-state index contributed by atoms with van der Waals surface area (Å²) in [5, 5.41) is 0. The molecule has 0 unspecified atom stereocenters. The predicted molar refractivity (Wildman–Crippen MR) is 160 cm³/mol. The van der Waals surface area contributed by atoms with Crippen molar-refractivity contribution in [3.8, 4) is 5.75 Å². The highest BCUT2D eigenvalue weighted by Gasteiger charge is 2.43. The lowest BCUT2D eigenvalue weighted by Gasteiger charge is -2.39. The van der Waals surface area contributed by atoms with Crippen molar-refractivity contribution in [3.05, 3.63) is 96.1 Å². The molecule has 3 aromatic carbocycles. The van der Waals surface area contributed by atoms with E-state index in [-0.39, 0.29) is 29.9 Å². The van der Waals surface area contributed by atoms with E-state index in [9.17, 15) is 18.0 Å². The molecule has 0 saturated carbocycles. The molecule has 0 N–H and O–H groups in total. The molecule has 42 heavy (non-hydrogen) atoms. The van der Waals surface area contributed by atoms with Crippen LogP contribution in [-0.4, -0.2) is 81.3 Å². The number of likely N-dealkylation sites (N-methyl/N-ethyl adjacent to an activating group) is 1. The molecule has 10 heteroatoms. The number of methoxy groups -OCH3 is 1. The number of hydrogen-bond donors (Lipinski definition) is 0. The number of nitrogens with zero attached hydrogens (tertiary/aromatic N) is 3. The summed E-state index contributed by atoms with van der Waals surface area (Å²) < 4.78 is 40.9. The summed E-state index contributed by atoms with van der Waals surface area (Å²) in [6.45, 7) is 1.17. The van der Waals surface area contributed by atoms with Gasteiger partial charge in [0, 0.05) is 19.6 Å². The Balaban J connectivity index is 1.69. The third kappa shape index (κ3) is 7.96. The molecule has 1 aliphatic rings. The van der Waals surface area contributed by atoms with Gasteiger partial charge in [0.1, 0.15) is 18.4 Å². The number of carbonyl (C=O) groups is 2. The van der Waals surface area contributed by atoms with Gasteiger partial charge in [-0.25, -0.2) is 8.42 Å². The molecule has 9 nitrogen and oxygen atoms in total. The van der Waals surface area contributed by atoms with Crippen molar-refractivity contribution in [2.45, 2.75) is 36.9 Å².